The van der Waals surface area contributed by atoms with Gasteiger partial charge in [-0.25, -0.2) is 0 Å². The summed E-state index contributed by atoms with van der Waals surface area (Å²) < 4.78 is 0. The van der Waals surface area contributed by atoms with Crippen LogP contribution in [-0.4, -0.2) is 5.97 Å². The number of hydrogen-bond donors (Lipinski definition) is 0. The van der Waals surface area contributed by atoms with E-state index in [4.69, 9.17) is 5.26 Å². The molecule has 0 saturated heterocycles. The Labute approximate surface area is 53.1 Å². The summed E-state index contributed by atoms with van der Waals surface area (Å²) in [6.45, 7) is 0. The van der Waals surface area contributed by atoms with E-state index in [1.165, 1.54) is 6.07 Å². The molecule has 4 heteroatoms. The van der Waals surface area contributed by atoms with E-state index in [2.05, 4.69) is 0 Å². The summed E-state index contributed by atoms with van der Waals surface area (Å²) in [6, 6.07) is 1.41. The zero-order chi connectivity index (χ0) is 4.99. The molecule has 0 aromatic rings. The Morgan fingerprint density at radius 2 is 2.29 bits per heavy atom. The number of carboxylic acid groups (broad SMARTS) is 1. The molecule has 0 aromatic heterocycles. The Morgan fingerprint density at radius 3 is 2.29 bits per heavy atom. The van der Waals surface area contributed by atoms with Gasteiger partial charge in [-0.2, -0.15) is 5.26 Å². The molecule has 0 fully saturated rings. The van der Waals surface area contributed by atoms with Gasteiger partial charge in [0.25, 0.3) is 0 Å². The fourth-order valence-corrected chi connectivity index (χ4v) is 0.0645. The minimum atomic E-state index is -1.32. The molecule has 0 aromatic carbocycles. The second-order valence-corrected chi connectivity index (χ2v) is 0.707. The van der Waals surface area contributed by atoms with Gasteiger partial charge in [-0.3, -0.25) is 0 Å². The van der Waals surface area contributed by atoms with Crippen molar-refractivity contribution in [3.05, 3.63) is 0 Å². The number of hydrogen-bond acceptors (Lipinski definition) is 3. The van der Waals surface area contributed by atoms with Crippen LogP contribution in [0.5, 0.6) is 0 Å². The van der Waals surface area contributed by atoms with Crippen molar-refractivity contribution in [2.24, 2.45) is 0 Å². The van der Waals surface area contributed by atoms with Crippen LogP contribution in [0.3, 0.4) is 0 Å². The van der Waals surface area contributed by atoms with Crippen LogP contribution in [0.2, 0.25) is 0 Å². The summed E-state index contributed by atoms with van der Waals surface area (Å²) in [6.07, 6.45) is -0.514. The molecule has 0 aliphatic rings. The third kappa shape index (κ3) is 10.8. The molecule has 0 amide bonds. The average molecular weight is 91.0 g/mol. The molecule has 0 atom stereocenters. The van der Waals surface area contributed by atoms with Crippen LogP contribution in [0.15, 0.2) is 0 Å². The molecule has 0 N–H and O–H groups in total. The molecule has 0 unspecified atom stereocenters. The SMILES string of the molecule is N#CCC(=O)[O-].[Li+]. The molecule has 0 aliphatic heterocycles. The minimum Gasteiger partial charge on any atom is -0.549 e. The van der Waals surface area contributed by atoms with Gasteiger partial charge in [0, 0.05) is 0 Å². The van der Waals surface area contributed by atoms with Crippen LogP contribution < -0.4 is 24.0 Å². The fourth-order valence-electron chi connectivity index (χ4n) is 0.0645. The second kappa shape index (κ2) is 5.56. The van der Waals surface area contributed by atoms with Gasteiger partial charge in [-0.15, -0.1) is 0 Å². The standard InChI is InChI=1S/C3H3NO2.Li/c4-2-1-3(5)6;/h1H2,(H,5,6);/q;+1/p-1. The zero-order valence-electron chi connectivity index (χ0n) is 3.97. The molecular weight excluding hydrogens is 89.0 g/mol. The van der Waals surface area contributed by atoms with Crippen LogP contribution in [0.4, 0.5) is 0 Å². The van der Waals surface area contributed by atoms with Gasteiger partial charge in [0.15, 0.2) is 0 Å². The zero-order valence-corrected chi connectivity index (χ0v) is 3.97. The van der Waals surface area contributed by atoms with Crippen molar-refractivity contribution in [3.63, 3.8) is 0 Å². The van der Waals surface area contributed by atoms with Gasteiger partial charge in [-0.05, 0) is 0 Å². The fraction of sp³-hybridized carbons (Fsp3) is 0.333. The maximum Gasteiger partial charge on any atom is 1.00 e. The van der Waals surface area contributed by atoms with Crippen LogP contribution in [-0.2, 0) is 4.79 Å². The monoisotopic (exact) mass is 91.0 g/mol. The molecule has 0 rings (SSSR count). The molecule has 3 nitrogen and oxygen atoms in total. The van der Waals surface area contributed by atoms with Gasteiger partial charge in [0.2, 0.25) is 0 Å². The first-order valence-corrected chi connectivity index (χ1v) is 1.34. The van der Waals surface area contributed by atoms with Gasteiger partial charge < -0.3 is 9.90 Å². The smallest absolute Gasteiger partial charge is 0.549 e. The van der Waals surface area contributed by atoms with Crippen molar-refractivity contribution in [1.82, 2.24) is 0 Å². The molecule has 0 aliphatic carbocycles. The van der Waals surface area contributed by atoms with Crippen LogP contribution in [0.25, 0.3) is 0 Å². The van der Waals surface area contributed by atoms with Gasteiger partial charge in [0.05, 0.1) is 18.5 Å². The van der Waals surface area contributed by atoms with E-state index in [1.807, 2.05) is 0 Å². The summed E-state index contributed by atoms with van der Waals surface area (Å²) in [7, 11) is 0. The van der Waals surface area contributed by atoms with Crippen LogP contribution in [0, 0.1) is 11.3 Å². The van der Waals surface area contributed by atoms with Crippen molar-refractivity contribution >= 4 is 5.97 Å². The predicted octanol–water partition coefficient (Wildman–Crippen LogP) is -4.35. The largest absolute Gasteiger partial charge is 1.00 e. The summed E-state index contributed by atoms with van der Waals surface area (Å²) in [5.41, 5.74) is 0. The summed E-state index contributed by atoms with van der Waals surface area (Å²) in [5.74, 6) is -1.32. The number of rotatable bonds is 1. The average Bonchev–Trinajstić information content (AvgIpc) is 1.35. The van der Waals surface area contributed by atoms with Gasteiger partial charge >= 0.3 is 18.9 Å². The van der Waals surface area contributed by atoms with Crippen molar-refractivity contribution in [1.29, 1.82) is 5.26 Å². The second-order valence-electron chi connectivity index (χ2n) is 0.707. The predicted molar refractivity (Wildman–Crippen MR) is 15.2 cm³/mol. The Balaban J connectivity index is 0. The summed E-state index contributed by atoms with van der Waals surface area (Å²) >= 11 is 0. The molecule has 0 heterocycles. The van der Waals surface area contributed by atoms with Crippen molar-refractivity contribution in [2.75, 3.05) is 0 Å². The van der Waals surface area contributed by atoms with Crippen molar-refractivity contribution in [2.45, 2.75) is 6.42 Å². The minimum absolute atomic E-state index is 0. The Morgan fingerprint density at radius 1 is 1.86 bits per heavy atom. The van der Waals surface area contributed by atoms with E-state index in [-0.39, 0.29) is 18.9 Å². The number of carboxylic acids is 1. The quantitative estimate of drug-likeness (QED) is 0.306. The third-order valence-corrected chi connectivity index (χ3v) is 0.223. The molecule has 32 valence electrons. The van der Waals surface area contributed by atoms with E-state index in [0.717, 1.165) is 0 Å². The van der Waals surface area contributed by atoms with Crippen LogP contribution >= 0.6 is 0 Å². The first-order valence-electron chi connectivity index (χ1n) is 1.34. The number of nitrogens with zero attached hydrogens (tertiary/aromatic N) is 1. The van der Waals surface area contributed by atoms with Crippen LogP contribution in [0.1, 0.15) is 6.42 Å². The van der Waals surface area contributed by atoms with E-state index >= 15 is 0 Å². The Hall–Kier alpha value is -0.443. The van der Waals surface area contributed by atoms with Gasteiger partial charge in [0.1, 0.15) is 0 Å². The van der Waals surface area contributed by atoms with E-state index < -0.39 is 12.4 Å². The van der Waals surface area contributed by atoms with E-state index in [0.29, 0.717) is 0 Å². The summed E-state index contributed by atoms with van der Waals surface area (Å²) in [5, 5.41) is 16.8. The molecule has 7 heavy (non-hydrogen) atoms. The van der Waals surface area contributed by atoms with Crippen molar-refractivity contribution < 1.29 is 28.8 Å². The number of aliphatic carboxylic acids is 1. The molecule has 0 spiro atoms. The first-order chi connectivity index (χ1) is 2.77. The maximum atomic E-state index is 9.27. The van der Waals surface area contributed by atoms with Crippen molar-refractivity contribution in [3.8, 4) is 6.07 Å². The summed E-state index contributed by atoms with van der Waals surface area (Å²) in [4.78, 5) is 9.27. The van der Waals surface area contributed by atoms with E-state index in [1.54, 1.807) is 0 Å². The molecular formula is C3H2LiNO2. The maximum absolute atomic E-state index is 9.27. The molecule has 0 radical (unpaired) electrons. The number of carbonyl (C=O) groups is 1. The molecule has 0 saturated carbocycles. The Bertz CT molecular complexity index is 95.6. The van der Waals surface area contributed by atoms with Gasteiger partial charge in [-0.1, -0.05) is 0 Å². The third-order valence-electron chi connectivity index (χ3n) is 0.223. The number of nitriles is 1. The Kier molecular flexibility index (Phi) is 7.74. The normalized spacial score (nSPS) is 5.57. The first kappa shape index (κ1) is 9.75. The topological polar surface area (TPSA) is 63.9 Å². The molecule has 0 bridgehead atoms. The number of carbonyl (C=O) groups excluding carboxylic acids is 1. The van der Waals surface area contributed by atoms with E-state index in [9.17, 15) is 9.90 Å².